The average molecular weight is 289 g/mol. The van der Waals surface area contributed by atoms with Gasteiger partial charge in [-0.25, -0.2) is 0 Å². The Hall–Kier alpha value is -1.14. The van der Waals surface area contributed by atoms with Crippen LogP contribution in [0.25, 0.3) is 0 Å². The summed E-state index contributed by atoms with van der Waals surface area (Å²) in [6, 6.07) is 4.46. The van der Waals surface area contributed by atoms with E-state index < -0.39 is 4.92 Å². The molecule has 0 radical (unpaired) electrons. The summed E-state index contributed by atoms with van der Waals surface area (Å²) in [5.41, 5.74) is 0.0480. The first-order valence-electron chi connectivity index (χ1n) is 4.72. The zero-order valence-electron chi connectivity index (χ0n) is 9.14. The Bertz CT molecular complexity index is 382. The van der Waals surface area contributed by atoms with Crippen LogP contribution in [0.3, 0.4) is 0 Å². The second-order valence-electron chi connectivity index (χ2n) is 3.52. The number of ether oxygens (including phenoxy) is 1. The Balaban J connectivity index is 2.64. The molecule has 0 N–H and O–H groups in total. The number of halogens is 1. The van der Waals surface area contributed by atoms with Crippen molar-refractivity contribution in [1.29, 1.82) is 0 Å². The molecule has 0 unspecified atom stereocenters. The van der Waals surface area contributed by atoms with Crippen LogP contribution in [0.4, 0.5) is 5.69 Å². The van der Waals surface area contributed by atoms with Gasteiger partial charge in [-0.3, -0.25) is 10.1 Å². The summed E-state index contributed by atoms with van der Waals surface area (Å²) in [7, 11) is 3.91. The largest absolute Gasteiger partial charge is 0.491 e. The molecule has 0 saturated carbocycles. The molecule has 0 aliphatic heterocycles. The predicted molar refractivity (Wildman–Crippen MR) is 64.8 cm³/mol. The van der Waals surface area contributed by atoms with E-state index in [1.807, 2.05) is 19.0 Å². The van der Waals surface area contributed by atoms with Crippen molar-refractivity contribution in [2.75, 3.05) is 27.2 Å². The van der Waals surface area contributed by atoms with Crippen molar-refractivity contribution in [1.82, 2.24) is 4.90 Å². The van der Waals surface area contributed by atoms with E-state index in [-0.39, 0.29) is 5.69 Å². The quantitative estimate of drug-likeness (QED) is 0.616. The van der Waals surface area contributed by atoms with Gasteiger partial charge in [0.25, 0.3) is 5.69 Å². The third kappa shape index (κ3) is 3.79. The lowest BCUT2D eigenvalue weighted by atomic mass is 10.3. The van der Waals surface area contributed by atoms with Crippen molar-refractivity contribution in [3.63, 3.8) is 0 Å². The van der Waals surface area contributed by atoms with E-state index >= 15 is 0 Å². The standard InChI is InChI=1S/C10H13BrN2O3/c1-12(2)5-6-16-10-4-3-8(13(14)15)7-9(10)11/h3-4,7H,5-6H2,1-2H3. The lowest BCUT2D eigenvalue weighted by Crippen LogP contribution is -2.19. The molecule has 0 atom stereocenters. The fourth-order valence-corrected chi connectivity index (χ4v) is 1.54. The van der Waals surface area contributed by atoms with E-state index in [0.717, 1.165) is 6.54 Å². The molecule has 0 fully saturated rings. The van der Waals surface area contributed by atoms with Crippen LogP contribution in [0.2, 0.25) is 0 Å². The summed E-state index contributed by atoms with van der Waals surface area (Å²) in [6.07, 6.45) is 0. The molecule has 88 valence electrons. The first-order valence-corrected chi connectivity index (χ1v) is 5.51. The van der Waals surface area contributed by atoms with Gasteiger partial charge in [-0.1, -0.05) is 0 Å². The molecule has 1 aromatic carbocycles. The highest BCUT2D eigenvalue weighted by Gasteiger charge is 2.09. The van der Waals surface area contributed by atoms with Gasteiger partial charge in [-0.15, -0.1) is 0 Å². The smallest absolute Gasteiger partial charge is 0.270 e. The summed E-state index contributed by atoms with van der Waals surface area (Å²) < 4.78 is 6.07. The zero-order valence-corrected chi connectivity index (χ0v) is 10.7. The normalized spacial score (nSPS) is 10.5. The molecule has 6 heteroatoms. The van der Waals surface area contributed by atoms with E-state index in [4.69, 9.17) is 4.74 Å². The second-order valence-corrected chi connectivity index (χ2v) is 4.38. The molecule has 0 aliphatic carbocycles. The van der Waals surface area contributed by atoms with Crippen molar-refractivity contribution >= 4 is 21.6 Å². The number of likely N-dealkylation sites (N-methyl/N-ethyl adjacent to an activating group) is 1. The van der Waals surface area contributed by atoms with Gasteiger partial charge in [-0.05, 0) is 36.1 Å². The average Bonchev–Trinajstić information content (AvgIpc) is 2.19. The van der Waals surface area contributed by atoms with Crippen molar-refractivity contribution in [2.24, 2.45) is 0 Å². The SMILES string of the molecule is CN(C)CCOc1ccc([N+](=O)[O-])cc1Br. The molecule has 5 nitrogen and oxygen atoms in total. The first kappa shape index (κ1) is 12.9. The molecule has 0 saturated heterocycles. The van der Waals surface area contributed by atoms with Crippen molar-refractivity contribution in [2.45, 2.75) is 0 Å². The highest BCUT2D eigenvalue weighted by molar-refractivity contribution is 9.10. The van der Waals surface area contributed by atoms with Gasteiger partial charge in [0.1, 0.15) is 12.4 Å². The lowest BCUT2D eigenvalue weighted by Gasteiger charge is -2.11. The Labute approximate surface area is 102 Å². The Morgan fingerprint density at radius 2 is 2.19 bits per heavy atom. The minimum absolute atomic E-state index is 0.0480. The van der Waals surface area contributed by atoms with E-state index in [1.54, 1.807) is 6.07 Å². The molecule has 0 aliphatic rings. The number of nitrogens with zero attached hydrogens (tertiary/aromatic N) is 2. The van der Waals surface area contributed by atoms with Crippen LogP contribution in [0.15, 0.2) is 22.7 Å². The maximum Gasteiger partial charge on any atom is 0.270 e. The number of hydrogen-bond acceptors (Lipinski definition) is 4. The molecule has 0 bridgehead atoms. The van der Waals surface area contributed by atoms with Gasteiger partial charge < -0.3 is 9.64 Å². The van der Waals surface area contributed by atoms with Crippen LogP contribution >= 0.6 is 15.9 Å². The summed E-state index contributed by atoms with van der Waals surface area (Å²) in [4.78, 5) is 12.1. The molecule has 0 aromatic heterocycles. The van der Waals surface area contributed by atoms with Gasteiger partial charge in [0.05, 0.1) is 9.40 Å². The van der Waals surface area contributed by atoms with Gasteiger partial charge in [-0.2, -0.15) is 0 Å². The minimum atomic E-state index is -0.436. The highest BCUT2D eigenvalue weighted by Crippen LogP contribution is 2.28. The molecule has 0 amide bonds. The molecule has 1 rings (SSSR count). The molecule has 0 spiro atoms. The predicted octanol–water partition coefficient (Wildman–Crippen LogP) is 2.30. The molecule has 1 aromatic rings. The first-order chi connectivity index (χ1) is 7.50. The van der Waals surface area contributed by atoms with Gasteiger partial charge in [0.15, 0.2) is 0 Å². The molecular weight excluding hydrogens is 276 g/mol. The molecule has 0 heterocycles. The second kappa shape index (κ2) is 5.81. The van der Waals surface area contributed by atoms with E-state index in [1.165, 1.54) is 12.1 Å². The summed E-state index contributed by atoms with van der Waals surface area (Å²) in [5, 5.41) is 10.5. The van der Waals surface area contributed by atoms with Gasteiger partial charge in [0.2, 0.25) is 0 Å². The van der Waals surface area contributed by atoms with Crippen LogP contribution in [-0.2, 0) is 0 Å². The fraction of sp³-hybridized carbons (Fsp3) is 0.400. The number of hydrogen-bond donors (Lipinski definition) is 0. The highest BCUT2D eigenvalue weighted by atomic mass is 79.9. The fourth-order valence-electron chi connectivity index (χ4n) is 1.06. The van der Waals surface area contributed by atoms with Crippen molar-refractivity contribution < 1.29 is 9.66 Å². The Kier molecular flexibility index (Phi) is 4.70. The number of nitro benzene ring substituents is 1. The number of benzene rings is 1. The summed E-state index contributed by atoms with van der Waals surface area (Å²) in [5.74, 6) is 0.618. The number of non-ortho nitro benzene ring substituents is 1. The van der Waals surface area contributed by atoms with Crippen LogP contribution < -0.4 is 4.74 Å². The molecular formula is C10H13BrN2O3. The monoisotopic (exact) mass is 288 g/mol. The maximum atomic E-state index is 10.5. The lowest BCUT2D eigenvalue weighted by molar-refractivity contribution is -0.385. The third-order valence-corrected chi connectivity index (χ3v) is 2.54. The summed E-state index contributed by atoms with van der Waals surface area (Å²) in [6.45, 7) is 1.34. The van der Waals surface area contributed by atoms with Crippen molar-refractivity contribution in [3.05, 3.63) is 32.8 Å². The van der Waals surface area contributed by atoms with Gasteiger partial charge >= 0.3 is 0 Å². The van der Waals surface area contributed by atoms with E-state index in [2.05, 4.69) is 15.9 Å². The van der Waals surface area contributed by atoms with Crippen LogP contribution in [0.5, 0.6) is 5.75 Å². The van der Waals surface area contributed by atoms with E-state index in [0.29, 0.717) is 16.8 Å². The van der Waals surface area contributed by atoms with E-state index in [9.17, 15) is 10.1 Å². The maximum absolute atomic E-state index is 10.5. The van der Waals surface area contributed by atoms with Crippen LogP contribution in [-0.4, -0.2) is 37.1 Å². The Morgan fingerprint density at radius 3 is 2.69 bits per heavy atom. The topological polar surface area (TPSA) is 55.6 Å². The van der Waals surface area contributed by atoms with Crippen molar-refractivity contribution in [3.8, 4) is 5.75 Å². The number of rotatable bonds is 5. The van der Waals surface area contributed by atoms with Gasteiger partial charge in [0, 0.05) is 18.7 Å². The minimum Gasteiger partial charge on any atom is -0.491 e. The van der Waals surface area contributed by atoms with Crippen LogP contribution in [0, 0.1) is 10.1 Å². The summed E-state index contributed by atoms with van der Waals surface area (Å²) >= 11 is 3.24. The third-order valence-electron chi connectivity index (χ3n) is 1.92. The Morgan fingerprint density at radius 1 is 1.50 bits per heavy atom. The molecule has 16 heavy (non-hydrogen) atoms. The van der Waals surface area contributed by atoms with Crippen LogP contribution in [0.1, 0.15) is 0 Å². The number of nitro groups is 1. The zero-order chi connectivity index (χ0) is 12.1.